The van der Waals surface area contributed by atoms with Gasteiger partial charge in [0.1, 0.15) is 11.6 Å². The summed E-state index contributed by atoms with van der Waals surface area (Å²) >= 11 is 0. The zero-order chi connectivity index (χ0) is 12.5. The Morgan fingerprint density at radius 3 is 2.89 bits per heavy atom. The number of hydrogen-bond donors (Lipinski definition) is 2. The van der Waals surface area contributed by atoms with Crippen LogP contribution >= 0.6 is 0 Å². The molecule has 0 amide bonds. The molecule has 1 aromatic carbocycles. The molecule has 1 unspecified atom stereocenters. The largest absolute Gasteiger partial charge is 0.341 e. The number of nitrogens with zero attached hydrogens (tertiary/aromatic N) is 2. The SMILES string of the molecule is CC(c1nc2ccc(F)cc2[nH]1)N1CCNCC1. The standard InChI is InChI=1S/C13H17FN4/c1-9(18-6-4-15-5-7-18)13-16-11-3-2-10(14)8-12(11)17-13/h2-3,8-9,15H,4-7H2,1H3,(H,16,17). The highest BCUT2D eigenvalue weighted by atomic mass is 19.1. The Bertz CT molecular complexity index is 545. The molecular weight excluding hydrogens is 231 g/mol. The van der Waals surface area contributed by atoms with Gasteiger partial charge in [-0.2, -0.15) is 0 Å². The summed E-state index contributed by atoms with van der Waals surface area (Å²) in [6.07, 6.45) is 0. The van der Waals surface area contributed by atoms with Gasteiger partial charge in [0.25, 0.3) is 0 Å². The first kappa shape index (κ1) is 11.6. The molecule has 18 heavy (non-hydrogen) atoms. The van der Waals surface area contributed by atoms with Crippen LogP contribution in [0.2, 0.25) is 0 Å². The number of hydrogen-bond acceptors (Lipinski definition) is 3. The molecule has 1 aromatic heterocycles. The summed E-state index contributed by atoms with van der Waals surface area (Å²) in [6.45, 7) is 6.21. The number of nitrogens with one attached hydrogen (secondary N) is 2. The van der Waals surface area contributed by atoms with E-state index in [-0.39, 0.29) is 11.9 Å². The van der Waals surface area contributed by atoms with Crippen molar-refractivity contribution in [2.24, 2.45) is 0 Å². The highest BCUT2D eigenvalue weighted by Gasteiger charge is 2.20. The number of imidazole rings is 1. The van der Waals surface area contributed by atoms with Crippen molar-refractivity contribution >= 4 is 11.0 Å². The molecule has 0 spiro atoms. The highest BCUT2D eigenvalue weighted by Crippen LogP contribution is 2.21. The topological polar surface area (TPSA) is 44.0 Å². The zero-order valence-corrected chi connectivity index (χ0v) is 10.4. The Balaban J connectivity index is 1.88. The molecule has 96 valence electrons. The molecule has 1 saturated heterocycles. The number of aromatic amines is 1. The lowest BCUT2D eigenvalue weighted by atomic mass is 10.2. The van der Waals surface area contributed by atoms with Crippen LogP contribution in [0.4, 0.5) is 4.39 Å². The first-order chi connectivity index (χ1) is 8.74. The average molecular weight is 248 g/mol. The van der Waals surface area contributed by atoms with Crippen molar-refractivity contribution in [1.82, 2.24) is 20.2 Å². The maximum absolute atomic E-state index is 13.1. The molecule has 3 rings (SSSR count). The fraction of sp³-hybridized carbons (Fsp3) is 0.462. The van der Waals surface area contributed by atoms with Gasteiger partial charge in [0.05, 0.1) is 17.1 Å². The Labute approximate surface area is 105 Å². The van der Waals surface area contributed by atoms with Gasteiger partial charge in [0.2, 0.25) is 0 Å². The van der Waals surface area contributed by atoms with Gasteiger partial charge in [0.15, 0.2) is 0 Å². The second-order valence-corrected chi connectivity index (χ2v) is 4.75. The molecule has 2 aromatic rings. The normalized spacial score (nSPS) is 19.2. The second kappa shape index (κ2) is 4.66. The van der Waals surface area contributed by atoms with Crippen LogP contribution in [0.15, 0.2) is 18.2 Å². The minimum atomic E-state index is -0.229. The fourth-order valence-corrected chi connectivity index (χ4v) is 2.44. The zero-order valence-electron chi connectivity index (χ0n) is 10.4. The van der Waals surface area contributed by atoms with Gasteiger partial charge in [-0.1, -0.05) is 0 Å². The van der Waals surface area contributed by atoms with Crippen molar-refractivity contribution in [1.29, 1.82) is 0 Å². The van der Waals surface area contributed by atoms with Gasteiger partial charge in [-0.05, 0) is 25.1 Å². The van der Waals surface area contributed by atoms with Crippen LogP contribution in [0.3, 0.4) is 0 Å². The summed E-state index contributed by atoms with van der Waals surface area (Å²) in [7, 11) is 0. The van der Waals surface area contributed by atoms with Crippen molar-refractivity contribution in [2.75, 3.05) is 26.2 Å². The van der Waals surface area contributed by atoms with Gasteiger partial charge in [-0.25, -0.2) is 9.37 Å². The van der Waals surface area contributed by atoms with Gasteiger partial charge in [-0.15, -0.1) is 0 Å². The molecule has 4 nitrogen and oxygen atoms in total. The third-order valence-electron chi connectivity index (χ3n) is 3.56. The van der Waals surface area contributed by atoms with Crippen molar-refractivity contribution in [2.45, 2.75) is 13.0 Å². The van der Waals surface area contributed by atoms with E-state index in [0.717, 1.165) is 43.0 Å². The predicted octanol–water partition coefficient (Wildman–Crippen LogP) is 1.67. The summed E-state index contributed by atoms with van der Waals surface area (Å²) in [5, 5.41) is 3.33. The van der Waals surface area contributed by atoms with Crippen LogP contribution < -0.4 is 5.32 Å². The van der Waals surface area contributed by atoms with E-state index < -0.39 is 0 Å². The second-order valence-electron chi connectivity index (χ2n) is 4.75. The Morgan fingerprint density at radius 2 is 2.11 bits per heavy atom. The maximum atomic E-state index is 13.1. The first-order valence-electron chi connectivity index (χ1n) is 6.34. The van der Waals surface area contributed by atoms with Crippen LogP contribution in [0, 0.1) is 5.82 Å². The third kappa shape index (κ3) is 2.11. The summed E-state index contributed by atoms with van der Waals surface area (Å²) in [6, 6.07) is 4.90. The van der Waals surface area contributed by atoms with Crippen molar-refractivity contribution in [3.8, 4) is 0 Å². The van der Waals surface area contributed by atoms with Crippen LogP contribution in [-0.2, 0) is 0 Å². The number of rotatable bonds is 2. The first-order valence-corrected chi connectivity index (χ1v) is 6.34. The van der Waals surface area contributed by atoms with E-state index in [4.69, 9.17) is 0 Å². The number of fused-ring (bicyclic) bond motifs is 1. The van der Waals surface area contributed by atoms with E-state index in [1.54, 1.807) is 6.07 Å². The minimum absolute atomic E-state index is 0.229. The molecule has 1 atom stereocenters. The number of H-pyrrole nitrogens is 1. The average Bonchev–Trinajstić information content (AvgIpc) is 2.81. The molecule has 0 bridgehead atoms. The number of halogens is 1. The monoisotopic (exact) mass is 248 g/mol. The fourth-order valence-electron chi connectivity index (χ4n) is 2.44. The van der Waals surface area contributed by atoms with Crippen LogP contribution in [0.5, 0.6) is 0 Å². The molecule has 2 N–H and O–H groups in total. The number of piperazine rings is 1. The van der Waals surface area contributed by atoms with E-state index >= 15 is 0 Å². The molecule has 1 aliphatic rings. The smallest absolute Gasteiger partial charge is 0.125 e. The summed E-state index contributed by atoms with van der Waals surface area (Å²) in [5.74, 6) is 0.685. The van der Waals surface area contributed by atoms with E-state index in [9.17, 15) is 4.39 Å². The van der Waals surface area contributed by atoms with Gasteiger partial charge in [0, 0.05) is 26.2 Å². The Kier molecular flexibility index (Phi) is 3.01. The summed E-state index contributed by atoms with van der Waals surface area (Å²) in [5.41, 5.74) is 1.60. The molecule has 0 radical (unpaired) electrons. The highest BCUT2D eigenvalue weighted by molar-refractivity contribution is 5.75. The summed E-state index contributed by atoms with van der Waals surface area (Å²) in [4.78, 5) is 10.1. The molecular formula is C13H17FN4. The molecule has 5 heteroatoms. The van der Waals surface area contributed by atoms with Gasteiger partial charge in [-0.3, -0.25) is 4.90 Å². The van der Waals surface area contributed by atoms with Gasteiger partial charge >= 0.3 is 0 Å². The van der Waals surface area contributed by atoms with Gasteiger partial charge < -0.3 is 10.3 Å². The number of aromatic nitrogens is 2. The lowest BCUT2D eigenvalue weighted by Gasteiger charge is -2.31. The molecule has 0 aliphatic carbocycles. The van der Waals surface area contributed by atoms with Crippen molar-refractivity contribution in [3.63, 3.8) is 0 Å². The summed E-state index contributed by atoms with van der Waals surface area (Å²) < 4.78 is 13.1. The molecule has 1 aliphatic heterocycles. The molecule has 0 saturated carbocycles. The maximum Gasteiger partial charge on any atom is 0.125 e. The van der Waals surface area contributed by atoms with Crippen molar-refractivity contribution in [3.05, 3.63) is 29.8 Å². The predicted molar refractivity (Wildman–Crippen MR) is 68.9 cm³/mol. The third-order valence-corrected chi connectivity index (χ3v) is 3.56. The van der Waals surface area contributed by atoms with Crippen LogP contribution in [0.25, 0.3) is 11.0 Å². The lowest BCUT2D eigenvalue weighted by molar-refractivity contribution is 0.180. The molecule has 1 fully saturated rings. The van der Waals surface area contributed by atoms with Crippen LogP contribution in [0.1, 0.15) is 18.8 Å². The minimum Gasteiger partial charge on any atom is -0.341 e. The van der Waals surface area contributed by atoms with E-state index in [1.807, 2.05) is 0 Å². The Hall–Kier alpha value is -1.46. The van der Waals surface area contributed by atoms with Crippen LogP contribution in [-0.4, -0.2) is 41.0 Å². The molecule has 2 heterocycles. The van der Waals surface area contributed by atoms with E-state index in [0.29, 0.717) is 0 Å². The van der Waals surface area contributed by atoms with E-state index in [1.165, 1.54) is 12.1 Å². The van der Waals surface area contributed by atoms with Crippen molar-refractivity contribution < 1.29 is 4.39 Å². The quantitative estimate of drug-likeness (QED) is 0.849. The Morgan fingerprint density at radius 1 is 1.33 bits per heavy atom. The number of benzene rings is 1. The van der Waals surface area contributed by atoms with E-state index in [2.05, 4.69) is 27.1 Å². The lowest BCUT2D eigenvalue weighted by Crippen LogP contribution is -2.44.